The Morgan fingerprint density at radius 1 is 1.09 bits per heavy atom. The van der Waals surface area contributed by atoms with E-state index in [-0.39, 0.29) is 19.6 Å². The molecule has 0 spiro atoms. The summed E-state index contributed by atoms with van der Waals surface area (Å²) in [7, 11) is 0. The molecule has 2 heterocycles. The predicted molar refractivity (Wildman–Crippen MR) is 113 cm³/mol. The molecule has 9 nitrogen and oxygen atoms in total. The SMILES string of the molecule is O=C(COc1ccccc1)N[C@H]1C(=O)N2C1CN(C(=O)Cc1ccc(Cl)cc1)C2C(=O)O. The van der Waals surface area contributed by atoms with E-state index in [9.17, 15) is 24.3 Å². The monoisotopic (exact) mass is 457 g/mol. The number of rotatable bonds is 7. The third-order valence-electron chi connectivity index (χ3n) is 5.44. The third kappa shape index (κ3) is 4.24. The van der Waals surface area contributed by atoms with Crippen LogP contribution in [0.25, 0.3) is 0 Å². The van der Waals surface area contributed by atoms with E-state index >= 15 is 0 Å². The number of ether oxygens (including phenoxy) is 1. The van der Waals surface area contributed by atoms with Gasteiger partial charge in [-0.25, -0.2) is 4.79 Å². The van der Waals surface area contributed by atoms with Crippen LogP contribution >= 0.6 is 11.6 Å². The summed E-state index contributed by atoms with van der Waals surface area (Å²) >= 11 is 5.86. The summed E-state index contributed by atoms with van der Waals surface area (Å²) in [6, 6.07) is 13.9. The van der Waals surface area contributed by atoms with Gasteiger partial charge in [0.15, 0.2) is 6.61 Å². The van der Waals surface area contributed by atoms with Gasteiger partial charge in [0.25, 0.3) is 5.91 Å². The van der Waals surface area contributed by atoms with Crippen molar-refractivity contribution in [2.24, 2.45) is 0 Å². The van der Waals surface area contributed by atoms with Crippen molar-refractivity contribution in [3.63, 3.8) is 0 Å². The van der Waals surface area contributed by atoms with Gasteiger partial charge in [-0.05, 0) is 29.8 Å². The lowest BCUT2D eigenvalue weighted by atomic mass is 9.96. The summed E-state index contributed by atoms with van der Waals surface area (Å²) in [6.07, 6.45) is -1.43. The molecule has 0 aromatic heterocycles. The summed E-state index contributed by atoms with van der Waals surface area (Å²) in [6.45, 7) is -0.276. The molecule has 2 aliphatic heterocycles. The molecular weight excluding hydrogens is 438 g/mol. The average Bonchev–Trinajstić information content (AvgIpc) is 3.15. The van der Waals surface area contributed by atoms with Crippen LogP contribution in [0.3, 0.4) is 0 Å². The molecule has 2 aromatic carbocycles. The summed E-state index contributed by atoms with van der Waals surface area (Å²) in [5.41, 5.74) is 0.673. The van der Waals surface area contributed by atoms with Crippen molar-refractivity contribution in [2.45, 2.75) is 24.7 Å². The Morgan fingerprint density at radius 2 is 1.78 bits per heavy atom. The minimum atomic E-state index is -1.40. The molecule has 3 amide bonds. The van der Waals surface area contributed by atoms with Crippen LogP contribution < -0.4 is 10.1 Å². The summed E-state index contributed by atoms with van der Waals surface area (Å²) in [5.74, 6) is -2.28. The second kappa shape index (κ2) is 8.88. The molecule has 0 bridgehead atoms. The Morgan fingerprint density at radius 3 is 2.44 bits per heavy atom. The minimum Gasteiger partial charge on any atom is -0.484 e. The third-order valence-corrected chi connectivity index (χ3v) is 5.70. The van der Waals surface area contributed by atoms with Crippen LogP contribution in [0.4, 0.5) is 0 Å². The van der Waals surface area contributed by atoms with Gasteiger partial charge in [-0.1, -0.05) is 41.9 Å². The maximum atomic E-state index is 12.8. The number of fused-ring (bicyclic) bond motifs is 1. The van der Waals surface area contributed by atoms with Crippen molar-refractivity contribution >= 4 is 35.3 Å². The van der Waals surface area contributed by atoms with Crippen LogP contribution in [0.5, 0.6) is 5.75 Å². The maximum Gasteiger partial charge on any atom is 0.347 e. The zero-order valence-corrected chi connectivity index (χ0v) is 17.6. The number of hydrogen-bond donors (Lipinski definition) is 2. The average molecular weight is 458 g/mol. The van der Waals surface area contributed by atoms with Crippen molar-refractivity contribution in [2.75, 3.05) is 13.2 Å². The van der Waals surface area contributed by atoms with Gasteiger partial charge in [0, 0.05) is 11.6 Å². The van der Waals surface area contributed by atoms with Gasteiger partial charge in [-0.15, -0.1) is 0 Å². The first-order valence-corrected chi connectivity index (χ1v) is 10.3. The lowest BCUT2D eigenvalue weighted by Crippen LogP contribution is -2.71. The van der Waals surface area contributed by atoms with Crippen molar-refractivity contribution < 1.29 is 29.0 Å². The van der Waals surface area contributed by atoms with E-state index < -0.39 is 41.9 Å². The molecule has 2 aromatic rings. The summed E-state index contributed by atoms with van der Waals surface area (Å²) in [5, 5.41) is 12.7. The molecule has 32 heavy (non-hydrogen) atoms. The van der Waals surface area contributed by atoms with E-state index in [1.807, 2.05) is 6.07 Å². The number of aliphatic carboxylic acids is 1. The molecule has 3 atom stereocenters. The number of carbonyl (C=O) groups is 4. The van der Waals surface area contributed by atoms with Gasteiger partial charge in [-0.2, -0.15) is 0 Å². The Bertz CT molecular complexity index is 1050. The Labute approximate surface area is 188 Å². The van der Waals surface area contributed by atoms with Crippen molar-refractivity contribution in [3.05, 3.63) is 65.2 Å². The predicted octanol–water partition coefficient (Wildman–Crippen LogP) is 0.910. The van der Waals surface area contributed by atoms with E-state index in [4.69, 9.17) is 16.3 Å². The number of halogens is 1. The summed E-state index contributed by atoms with van der Waals surface area (Å²) in [4.78, 5) is 51.8. The number of nitrogens with one attached hydrogen (secondary N) is 1. The fourth-order valence-corrected chi connectivity index (χ4v) is 4.05. The second-order valence-electron chi connectivity index (χ2n) is 7.52. The quantitative estimate of drug-likeness (QED) is 0.597. The molecule has 0 aliphatic carbocycles. The normalized spacial score (nSPS) is 21.5. The van der Waals surface area contributed by atoms with Gasteiger partial charge in [0.2, 0.25) is 18.0 Å². The molecule has 10 heteroatoms. The van der Waals surface area contributed by atoms with Crippen molar-refractivity contribution in [1.29, 1.82) is 0 Å². The molecular formula is C22H20ClN3O6. The largest absolute Gasteiger partial charge is 0.484 e. The van der Waals surface area contributed by atoms with E-state index in [2.05, 4.69) is 5.32 Å². The molecule has 0 radical (unpaired) electrons. The lowest BCUT2D eigenvalue weighted by molar-refractivity contribution is -0.166. The van der Waals surface area contributed by atoms with E-state index in [1.165, 1.54) is 0 Å². The molecule has 2 N–H and O–H groups in total. The number of nitrogens with zero attached hydrogens (tertiary/aromatic N) is 2. The van der Waals surface area contributed by atoms with Gasteiger partial charge < -0.3 is 25.0 Å². The van der Waals surface area contributed by atoms with Gasteiger partial charge >= 0.3 is 5.97 Å². The first-order chi connectivity index (χ1) is 15.3. The molecule has 0 saturated carbocycles. The molecule has 2 fully saturated rings. The van der Waals surface area contributed by atoms with E-state index in [1.54, 1.807) is 48.5 Å². The standard InChI is InChI=1S/C22H20ClN3O6/c23-14-8-6-13(7-9-14)10-18(28)25-11-16-19(21(29)26(16)20(25)22(30)31)24-17(27)12-32-15-4-2-1-3-5-15/h1-9,16,19-20H,10-12H2,(H,24,27)(H,30,31)/t16?,19-,20?/m1/s1. The second-order valence-corrected chi connectivity index (χ2v) is 7.96. The Kier molecular flexibility index (Phi) is 6.00. The van der Waals surface area contributed by atoms with Crippen LogP contribution in [0, 0.1) is 0 Å². The van der Waals surface area contributed by atoms with Gasteiger partial charge in [0.1, 0.15) is 11.8 Å². The number of para-hydroxylation sites is 1. The highest BCUT2D eigenvalue weighted by Crippen LogP contribution is 2.33. The lowest BCUT2D eigenvalue weighted by Gasteiger charge is -2.43. The summed E-state index contributed by atoms with van der Waals surface area (Å²) < 4.78 is 5.37. The van der Waals surface area contributed by atoms with Gasteiger partial charge in [-0.3, -0.25) is 14.4 Å². The Balaban J connectivity index is 1.39. The van der Waals surface area contributed by atoms with Crippen LogP contribution in [0.2, 0.25) is 5.02 Å². The van der Waals surface area contributed by atoms with Gasteiger partial charge in [0.05, 0.1) is 12.5 Å². The highest BCUT2D eigenvalue weighted by atomic mass is 35.5. The minimum absolute atomic E-state index is 0.0135. The van der Waals surface area contributed by atoms with Crippen LogP contribution in [-0.2, 0) is 25.6 Å². The molecule has 2 aliphatic rings. The first-order valence-electron chi connectivity index (χ1n) is 9.91. The van der Waals surface area contributed by atoms with Crippen LogP contribution in [-0.4, -0.2) is 70.0 Å². The fourth-order valence-electron chi connectivity index (χ4n) is 3.92. The van der Waals surface area contributed by atoms with Crippen LogP contribution in [0.15, 0.2) is 54.6 Å². The maximum absolute atomic E-state index is 12.8. The molecule has 4 rings (SSSR count). The zero-order valence-electron chi connectivity index (χ0n) is 16.8. The molecule has 2 unspecified atom stereocenters. The number of carboxylic acids is 1. The fraction of sp³-hybridized carbons (Fsp3) is 0.273. The zero-order chi connectivity index (χ0) is 22.8. The number of β-lactam (4-membered cyclic amide) rings is 1. The number of benzene rings is 2. The molecule has 2 saturated heterocycles. The smallest absolute Gasteiger partial charge is 0.347 e. The van der Waals surface area contributed by atoms with Crippen molar-refractivity contribution in [1.82, 2.24) is 15.1 Å². The topological polar surface area (TPSA) is 116 Å². The number of hydrogen-bond acceptors (Lipinski definition) is 5. The van der Waals surface area contributed by atoms with E-state index in [0.717, 1.165) is 9.80 Å². The first kappa shape index (κ1) is 21.6. The number of amides is 3. The highest BCUT2D eigenvalue weighted by molar-refractivity contribution is 6.30. The number of carboxylic acid groups (broad SMARTS) is 1. The van der Waals surface area contributed by atoms with E-state index in [0.29, 0.717) is 16.3 Å². The number of carbonyl (C=O) groups excluding carboxylic acids is 3. The van der Waals surface area contributed by atoms with Crippen molar-refractivity contribution in [3.8, 4) is 5.75 Å². The van der Waals surface area contributed by atoms with Crippen LogP contribution in [0.1, 0.15) is 5.56 Å². The highest BCUT2D eigenvalue weighted by Gasteiger charge is 2.60. The Hall–Kier alpha value is -3.59. The molecule has 166 valence electrons.